The van der Waals surface area contributed by atoms with Gasteiger partial charge in [-0.25, -0.2) is 9.69 Å². The number of aryl methyl sites for hydroxylation is 2. The van der Waals surface area contributed by atoms with Crippen LogP contribution in [0.2, 0.25) is 0 Å². The lowest BCUT2D eigenvalue weighted by molar-refractivity contribution is -0.132. The zero-order chi connectivity index (χ0) is 25.8. The molecular formula is C31H34N4O2. The molecule has 2 aliphatic rings. The van der Waals surface area contributed by atoms with Crippen molar-refractivity contribution in [1.29, 1.82) is 0 Å². The van der Waals surface area contributed by atoms with Crippen LogP contribution < -0.4 is 5.32 Å². The van der Waals surface area contributed by atoms with E-state index < -0.39 is 5.54 Å². The summed E-state index contributed by atoms with van der Waals surface area (Å²) in [4.78, 5) is 33.3. The van der Waals surface area contributed by atoms with E-state index in [0.29, 0.717) is 0 Å². The third-order valence-electron chi connectivity index (χ3n) is 7.53. The monoisotopic (exact) mass is 494 g/mol. The van der Waals surface area contributed by atoms with Crippen LogP contribution in [-0.2, 0) is 10.3 Å². The Labute approximate surface area is 219 Å². The van der Waals surface area contributed by atoms with Gasteiger partial charge in [-0.15, -0.1) is 0 Å². The van der Waals surface area contributed by atoms with E-state index in [1.807, 2.05) is 80.6 Å². The molecule has 5 rings (SSSR count). The van der Waals surface area contributed by atoms with Crippen LogP contribution in [0.25, 0.3) is 6.08 Å². The first-order chi connectivity index (χ1) is 18.0. The number of piperazine rings is 1. The summed E-state index contributed by atoms with van der Waals surface area (Å²) in [6.45, 7) is 8.65. The molecule has 0 radical (unpaired) electrons. The second-order valence-electron chi connectivity index (χ2n) is 9.95. The minimum atomic E-state index is -1.22. The molecule has 0 aromatic heterocycles. The van der Waals surface area contributed by atoms with Gasteiger partial charge in [0.15, 0.2) is 5.54 Å². The van der Waals surface area contributed by atoms with Crippen molar-refractivity contribution in [3.63, 3.8) is 0 Å². The fourth-order valence-electron chi connectivity index (χ4n) is 5.14. The van der Waals surface area contributed by atoms with Crippen LogP contribution >= 0.6 is 0 Å². The standard InChI is InChI=1S/C31H34N4O2/c1-24-15-16-28(22-25(24)2)31(27-13-7-4-8-14-27)29(36)35(30(37)32-31)23-34-20-18-33(19-21-34)17-9-12-26-10-5-3-6-11-26/h3-16,22H,17-21,23H2,1-2H3,(H,32,37)/b12-9+/t31-/m0/s1. The first-order valence-electron chi connectivity index (χ1n) is 12.9. The van der Waals surface area contributed by atoms with Gasteiger partial charge in [0.05, 0.1) is 6.67 Å². The summed E-state index contributed by atoms with van der Waals surface area (Å²) in [5.74, 6) is -0.222. The van der Waals surface area contributed by atoms with Crippen molar-refractivity contribution < 1.29 is 9.59 Å². The van der Waals surface area contributed by atoms with E-state index in [9.17, 15) is 9.59 Å². The average molecular weight is 495 g/mol. The smallest absolute Gasteiger partial charge is 0.315 e. The summed E-state index contributed by atoms with van der Waals surface area (Å²) in [7, 11) is 0. The van der Waals surface area contributed by atoms with E-state index in [-0.39, 0.29) is 18.6 Å². The molecule has 0 saturated carbocycles. The SMILES string of the molecule is Cc1ccc([C@]2(c3ccccc3)NC(=O)N(CN3CCN(C/C=C/c4ccccc4)CC3)C2=O)cc1C. The number of benzene rings is 3. The van der Waals surface area contributed by atoms with Gasteiger partial charge < -0.3 is 5.32 Å². The largest absolute Gasteiger partial charge is 0.326 e. The van der Waals surface area contributed by atoms with E-state index in [4.69, 9.17) is 0 Å². The number of rotatable bonds is 7. The van der Waals surface area contributed by atoms with Crippen molar-refractivity contribution >= 4 is 18.0 Å². The molecule has 1 atom stereocenters. The fraction of sp³-hybridized carbons (Fsp3) is 0.290. The Hall–Kier alpha value is -3.74. The van der Waals surface area contributed by atoms with E-state index in [2.05, 4.69) is 39.4 Å². The Bertz CT molecular complexity index is 1280. The first kappa shape index (κ1) is 24.9. The number of nitrogens with zero attached hydrogens (tertiary/aromatic N) is 3. The lowest BCUT2D eigenvalue weighted by Crippen LogP contribution is -2.51. The molecule has 0 unspecified atom stereocenters. The van der Waals surface area contributed by atoms with Crippen molar-refractivity contribution in [3.8, 4) is 0 Å². The second-order valence-corrected chi connectivity index (χ2v) is 9.95. The highest BCUT2D eigenvalue weighted by Crippen LogP contribution is 2.37. The Balaban J connectivity index is 1.28. The molecule has 1 N–H and O–H groups in total. The molecule has 2 heterocycles. The van der Waals surface area contributed by atoms with Gasteiger partial charge in [0.2, 0.25) is 0 Å². The number of imide groups is 1. The summed E-state index contributed by atoms with van der Waals surface area (Å²) < 4.78 is 0. The van der Waals surface area contributed by atoms with Crippen molar-refractivity contribution in [2.45, 2.75) is 19.4 Å². The van der Waals surface area contributed by atoms with Crippen LogP contribution in [0, 0.1) is 13.8 Å². The van der Waals surface area contributed by atoms with Crippen molar-refractivity contribution in [2.24, 2.45) is 0 Å². The summed E-state index contributed by atoms with van der Waals surface area (Å²) in [6, 6.07) is 25.5. The number of urea groups is 1. The summed E-state index contributed by atoms with van der Waals surface area (Å²) in [6.07, 6.45) is 4.34. The first-order valence-corrected chi connectivity index (χ1v) is 12.9. The number of carbonyl (C=O) groups excluding carboxylic acids is 2. The van der Waals surface area contributed by atoms with Gasteiger partial charge in [-0.3, -0.25) is 14.6 Å². The number of nitrogens with one attached hydrogen (secondary N) is 1. The molecule has 0 bridgehead atoms. The molecule has 2 fully saturated rings. The maximum absolute atomic E-state index is 14.0. The lowest BCUT2D eigenvalue weighted by Gasteiger charge is -2.35. The van der Waals surface area contributed by atoms with Crippen LogP contribution in [0.1, 0.15) is 27.8 Å². The van der Waals surface area contributed by atoms with Crippen LogP contribution in [0.5, 0.6) is 0 Å². The predicted molar refractivity (Wildman–Crippen MR) is 147 cm³/mol. The van der Waals surface area contributed by atoms with Gasteiger partial charge in [0.1, 0.15) is 0 Å². The molecule has 2 aliphatic heterocycles. The second kappa shape index (κ2) is 10.7. The molecule has 6 heteroatoms. The summed E-state index contributed by atoms with van der Waals surface area (Å²) >= 11 is 0. The van der Waals surface area contributed by atoms with Crippen LogP contribution in [-0.4, -0.2) is 66.0 Å². The summed E-state index contributed by atoms with van der Waals surface area (Å²) in [5, 5.41) is 3.08. The molecule has 3 aromatic rings. The van der Waals surface area contributed by atoms with Gasteiger partial charge in [0.25, 0.3) is 5.91 Å². The average Bonchev–Trinajstić information content (AvgIpc) is 3.18. The highest BCUT2D eigenvalue weighted by atomic mass is 16.2. The quantitative estimate of drug-likeness (QED) is 0.495. The molecule has 0 spiro atoms. The molecular weight excluding hydrogens is 460 g/mol. The van der Waals surface area contributed by atoms with Crippen LogP contribution in [0.15, 0.2) is 84.9 Å². The number of hydrogen-bond acceptors (Lipinski definition) is 4. The molecule has 3 aromatic carbocycles. The number of amides is 3. The van der Waals surface area contributed by atoms with Gasteiger partial charge in [-0.2, -0.15) is 0 Å². The Morgan fingerprint density at radius 3 is 2.11 bits per heavy atom. The zero-order valence-electron chi connectivity index (χ0n) is 21.6. The lowest BCUT2D eigenvalue weighted by atomic mass is 9.81. The number of hydrogen-bond donors (Lipinski definition) is 1. The Kier molecular flexibility index (Phi) is 7.22. The van der Waals surface area contributed by atoms with E-state index >= 15 is 0 Å². The minimum absolute atomic E-state index is 0.222. The van der Waals surface area contributed by atoms with Crippen LogP contribution in [0.4, 0.5) is 4.79 Å². The maximum Gasteiger partial charge on any atom is 0.326 e. The minimum Gasteiger partial charge on any atom is -0.315 e. The van der Waals surface area contributed by atoms with Crippen molar-refractivity contribution in [1.82, 2.24) is 20.0 Å². The molecule has 0 aliphatic carbocycles. The zero-order valence-corrected chi connectivity index (χ0v) is 21.6. The van der Waals surface area contributed by atoms with Crippen molar-refractivity contribution in [2.75, 3.05) is 39.4 Å². The molecule has 3 amide bonds. The van der Waals surface area contributed by atoms with Crippen LogP contribution in [0.3, 0.4) is 0 Å². The van der Waals surface area contributed by atoms with Crippen molar-refractivity contribution in [3.05, 3.63) is 113 Å². The maximum atomic E-state index is 14.0. The highest BCUT2D eigenvalue weighted by Gasteiger charge is 2.54. The highest BCUT2D eigenvalue weighted by molar-refractivity contribution is 6.09. The van der Waals surface area contributed by atoms with Gasteiger partial charge in [0, 0.05) is 32.7 Å². The van der Waals surface area contributed by atoms with Gasteiger partial charge >= 0.3 is 6.03 Å². The van der Waals surface area contributed by atoms with Gasteiger partial charge in [-0.05, 0) is 41.7 Å². The normalized spacial score (nSPS) is 21.1. The third-order valence-corrected chi connectivity index (χ3v) is 7.53. The summed E-state index contributed by atoms with van der Waals surface area (Å²) in [5.41, 5.74) is 3.78. The molecule has 190 valence electrons. The third kappa shape index (κ3) is 5.08. The van der Waals surface area contributed by atoms with E-state index in [1.165, 1.54) is 10.5 Å². The molecule has 6 nitrogen and oxygen atoms in total. The van der Waals surface area contributed by atoms with Gasteiger partial charge in [-0.1, -0.05) is 91.0 Å². The fourth-order valence-corrected chi connectivity index (χ4v) is 5.14. The molecule has 2 saturated heterocycles. The Morgan fingerprint density at radius 1 is 0.784 bits per heavy atom. The molecule has 37 heavy (non-hydrogen) atoms. The topological polar surface area (TPSA) is 55.9 Å². The Morgan fingerprint density at radius 2 is 1.43 bits per heavy atom. The predicted octanol–water partition coefficient (Wildman–Crippen LogP) is 4.39. The van der Waals surface area contributed by atoms with E-state index in [1.54, 1.807) is 0 Å². The number of carbonyl (C=O) groups is 2. The van der Waals surface area contributed by atoms with E-state index in [0.717, 1.165) is 55.0 Å².